The Balaban J connectivity index is 1.53. The van der Waals surface area contributed by atoms with Crippen molar-refractivity contribution in [2.24, 2.45) is 0 Å². The molecule has 86 valence electrons. The summed E-state index contributed by atoms with van der Waals surface area (Å²) in [4.78, 5) is 0. The third-order valence-corrected chi connectivity index (χ3v) is 3.38. The fourth-order valence-corrected chi connectivity index (χ4v) is 2.54. The maximum absolute atomic E-state index is 5.86. The number of hydrogen-bond acceptors (Lipinski definition) is 4. The second-order valence-electron chi connectivity index (χ2n) is 4.48. The van der Waals surface area contributed by atoms with Crippen LogP contribution in [0.1, 0.15) is 25.7 Å². The molecule has 0 radical (unpaired) electrons. The zero-order chi connectivity index (χ0) is 10.1. The molecule has 0 saturated carbocycles. The fraction of sp³-hybridized carbons (Fsp3) is 1.00. The first-order valence-corrected chi connectivity index (χ1v) is 5.94. The highest BCUT2D eigenvalue weighted by Crippen LogP contribution is 2.28. The van der Waals surface area contributed by atoms with Crippen molar-refractivity contribution >= 4 is 0 Å². The molecule has 0 aliphatic carbocycles. The third-order valence-electron chi connectivity index (χ3n) is 3.38. The lowest BCUT2D eigenvalue weighted by Gasteiger charge is -2.19. The first-order valence-electron chi connectivity index (χ1n) is 5.94. The molecule has 0 bridgehead atoms. The van der Waals surface area contributed by atoms with Crippen LogP contribution in [0.4, 0.5) is 0 Å². The summed E-state index contributed by atoms with van der Waals surface area (Å²) in [5.41, 5.74) is 0. The van der Waals surface area contributed by atoms with Gasteiger partial charge in [0.25, 0.3) is 0 Å². The molecule has 3 rings (SSSR count). The molecule has 0 N–H and O–H groups in total. The van der Waals surface area contributed by atoms with Gasteiger partial charge in [-0.05, 0) is 25.7 Å². The summed E-state index contributed by atoms with van der Waals surface area (Å²) in [7, 11) is 0. The molecule has 3 saturated heterocycles. The van der Waals surface area contributed by atoms with Crippen LogP contribution in [0.5, 0.6) is 0 Å². The zero-order valence-corrected chi connectivity index (χ0v) is 8.89. The molecule has 3 heterocycles. The quantitative estimate of drug-likeness (QED) is 0.689. The van der Waals surface area contributed by atoms with Crippen LogP contribution in [0.2, 0.25) is 0 Å². The standard InChI is InChI=1S/C11H18O4/c1-3-8(12-5-1)10-7-14-11(15-10)9-4-2-6-13-9/h8-11H,1-7H2. The van der Waals surface area contributed by atoms with E-state index in [0.29, 0.717) is 6.61 Å². The van der Waals surface area contributed by atoms with Gasteiger partial charge in [0.1, 0.15) is 12.2 Å². The molecule has 4 nitrogen and oxygen atoms in total. The zero-order valence-electron chi connectivity index (χ0n) is 8.89. The normalized spacial score (nSPS) is 46.4. The Bertz CT molecular complexity index is 187. The largest absolute Gasteiger partial charge is 0.375 e. The van der Waals surface area contributed by atoms with Gasteiger partial charge in [-0.3, -0.25) is 0 Å². The monoisotopic (exact) mass is 214 g/mol. The number of ether oxygens (including phenoxy) is 4. The van der Waals surface area contributed by atoms with Crippen molar-refractivity contribution in [2.75, 3.05) is 19.8 Å². The first kappa shape index (κ1) is 10.0. The van der Waals surface area contributed by atoms with Crippen molar-refractivity contribution < 1.29 is 18.9 Å². The predicted molar refractivity (Wildman–Crippen MR) is 52.6 cm³/mol. The Kier molecular flexibility index (Phi) is 2.92. The number of hydrogen-bond donors (Lipinski definition) is 0. The van der Waals surface area contributed by atoms with E-state index in [1.54, 1.807) is 0 Å². The van der Waals surface area contributed by atoms with Crippen molar-refractivity contribution in [3.8, 4) is 0 Å². The van der Waals surface area contributed by atoms with Crippen molar-refractivity contribution in [2.45, 2.75) is 50.3 Å². The first-order chi connectivity index (χ1) is 7.43. The SMILES string of the molecule is C1COC(C2COC(C3CCCO3)O2)C1. The van der Waals surface area contributed by atoms with Gasteiger partial charge in [0.15, 0.2) is 6.29 Å². The van der Waals surface area contributed by atoms with E-state index in [1.165, 1.54) is 0 Å². The van der Waals surface area contributed by atoms with E-state index in [-0.39, 0.29) is 24.6 Å². The molecule has 0 aromatic carbocycles. The van der Waals surface area contributed by atoms with Crippen LogP contribution in [0.15, 0.2) is 0 Å². The smallest absolute Gasteiger partial charge is 0.184 e. The molecular weight excluding hydrogens is 196 g/mol. The molecule has 0 aromatic rings. The summed E-state index contributed by atoms with van der Waals surface area (Å²) in [6.45, 7) is 2.38. The molecule has 4 atom stereocenters. The predicted octanol–water partition coefficient (Wildman–Crippen LogP) is 1.09. The van der Waals surface area contributed by atoms with Crippen LogP contribution in [-0.4, -0.2) is 44.4 Å². The van der Waals surface area contributed by atoms with Gasteiger partial charge < -0.3 is 18.9 Å². The van der Waals surface area contributed by atoms with Gasteiger partial charge in [0, 0.05) is 13.2 Å². The molecule has 3 aliphatic rings. The van der Waals surface area contributed by atoms with Crippen LogP contribution in [0, 0.1) is 0 Å². The van der Waals surface area contributed by atoms with Gasteiger partial charge >= 0.3 is 0 Å². The van der Waals surface area contributed by atoms with Gasteiger partial charge in [-0.1, -0.05) is 0 Å². The molecule has 4 unspecified atom stereocenters. The molecule has 3 fully saturated rings. The van der Waals surface area contributed by atoms with Gasteiger partial charge in [-0.15, -0.1) is 0 Å². The average Bonchev–Trinajstić information content (AvgIpc) is 3.02. The molecule has 0 amide bonds. The molecule has 15 heavy (non-hydrogen) atoms. The molecule has 0 aromatic heterocycles. The maximum atomic E-state index is 5.86. The molecule has 0 spiro atoms. The van der Waals surface area contributed by atoms with Gasteiger partial charge in [-0.25, -0.2) is 0 Å². The van der Waals surface area contributed by atoms with Crippen molar-refractivity contribution in [1.82, 2.24) is 0 Å². The lowest BCUT2D eigenvalue weighted by Crippen LogP contribution is -2.31. The summed E-state index contributed by atoms with van der Waals surface area (Å²) < 4.78 is 22.7. The fourth-order valence-electron chi connectivity index (χ4n) is 2.54. The highest BCUT2D eigenvalue weighted by Gasteiger charge is 2.39. The summed E-state index contributed by atoms with van der Waals surface area (Å²) in [5.74, 6) is 0. The summed E-state index contributed by atoms with van der Waals surface area (Å²) in [5, 5.41) is 0. The summed E-state index contributed by atoms with van der Waals surface area (Å²) in [6.07, 6.45) is 4.80. The third kappa shape index (κ3) is 2.04. The number of rotatable bonds is 2. The Labute approximate surface area is 89.8 Å². The van der Waals surface area contributed by atoms with Crippen LogP contribution in [-0.2, 0) is 18.9 Å². The highest BCUT2D eigenvalue weighted by atomic mass is 16.7. The van der Waals surface area contributed by atoms with E-state index < -0.39 is 0 Å². The van der Waals surface area contributed by atoms with Crippen LogP contribution in [0.25, 0.3) is 0 Å². The van der Waals surface area contributed by atoms with Gasteiger partial charge in [-0.2, -0.15) is 0 Å². The molecule has 3 aliphatic heterocycles. The summed E-state index contributed by atoms with van der Waals surface area (Å²) >= 11 is 0. The molecule has 4 heteroatoms. The maximum Gasteiger partial charge on any atom is 0.184 e. The Hall–Kier alpha value is -0.160. The van der Waals surface area contributed by atoms with Gasteiger partial charge in [0.2, 0.25) is 0 Å². The van der Waals surface area contributed by atoms with Crippen LogP contribution in [0.3, 0.4) is 0 Å². The minimum atomic E-state index is -0.151. The Morgan fingerprint density at radius 3 is 2.13 bits per heavy atom. The van der Waals surface area contributed by atoms with Crippen molar-refractivity contribution in [1.29, 1.82) is 0 Å². The second kappa shape index (κ2) is 4.37. The van der Waals surface area contributed by atoms with E-state index >= 15 is 0 Å². The van der Waals surface area contributed by atoms with E-state index in [1.807, 2.05) is 0 Å². The molecular formula is C11H18O4. The van der Waals surface area contributed by atoms with E-state index in [9.17, 15) is 0 Å². The van der Waals surface area contributed by atoms with Crippen LogP contribution < -0.4 is 0 Å². The van der Waals surface area contributed by atoms with Gasteiger partial charge in [0.05, 0.1) is 12.7 Å². The lowest BCUT2D eigenvalue weighted by atomic mass is 10.1. The summed E-state index contributed by atoms with van der Waals surface area (Å²) in [6, 6.07) is 0. The topological polar surface area (TPSA) is 36.9 Å². The van der Waals surface area contributed by atoms with Crippen molar-refractivity contribution in [3.05, 3.63) is 0 Å². The second-order valence-corrected chi connectivity index (χ2v) is 4.48. The van der Waals surface area contributed by atoms with E-state index in [0.717, 1.165) is 38.9 Å². The van der Waals surface area contributed by atoms with E-state index in [2.05, 4.69) is 0 Å². The minimum Gasteiger partial charge on any atom is -0.375 e. The van der Waals surface area contributed by atoms with Crippen molar-refractivity contribution in [3.63, 3.8) is 0 Å². The Morgan fingerprint density at radius 2 is 1.47 bits per heavy atom. The van der Waals surface area contributed by atoms with E-state index in [4.69, 9.17) is 18.9 Å². The lowest BCUT2D eigenvalue weighted by molar-refractivity contribution is -0.146. The minimum absolute atomic E-state index is 0.127. The Morgan fingerprint density at radius 1 is 0.733 bits per heavy atom. The van der Waals surface area contributed by atoms with Crippen LogP contribution >= 0.6 is 0 Å². The highest BCUT2D eigenvalue weighted by molar-refractivity contribution is 4.82. The average molecular weight is 214 g/mol.